The van der Waals surface area contributed by atoms with Gasteiger partial charge in [0.1, 0.15) is 11.4 Å². The van der Waals surface area contributed by atoms with Gasteiger partial charge in [0, 0.05) is 30.1 Å². The number of rotatable bonds is 5. The molecule has 8 heteroatoms. The van der Waals surface area contributed by atoms with E-state index in [4.69, 9.17) is 16.3 Å². The highest BCUT2D eigenvalue weighted by Gasteiger charge is 2.16. The Bertz CT molecular complexity index is 1080. The molecule has 0 aliphatic carbocycles. The number of halogens is 1. The zero-order chi connectivity index (χ0) is 19.7. The molecule has 0 saturated heterocycles. The summed E-state index contributed by atoms with van der Waals surface area (Å²) >= 11 is 6.07. The number of nitrogens with zero attached hydrogens (tertiary/aromatic N) is 2. The van der Waals surface area contributed by atoms with E-state index in [0.717, 1.165) is 16.6 Å². The van der Waals surface area contributed by atoms with Crippen molar-refractivity contribution in [1.82, 2.24) is 14.8 Å². The first kappa shape index (κ1) is 19.0. The summed E-state index contributed by atoms with van der Waals surface area (Å²) in [4.78, 5) is 27.6. The van der Waals surface area contributed by atoms with E-state index in [0.29, 0.717) is 34.1 Å². The van der Waals surface area contributed by atoms with Gasteiger partial charge in [-0.2, -0.15) is 5.10 Å². The van der Waals surface area contributed by atoms with Gasteiger partial charge in [-0.3, -0.25) is 14.3 Å². The first-order valence-electron chi connectivity index (χ1n) is 8.50. The molecule has 3 rings (SSSR count). The summed E-state index contributed by atoms with van der Waals surface area (Å²) in [7, 11) is 3.32. The van der Waals surface area contributed by atoms with Crippen molar-refractivity contribution in [2.24, 2.45) is 7.05 Å². The van der Waals surface area contributed by atoms with Crippen LogP contribution in [0.15, 0.2) is 23.0 Å². The Balaban J connectivity index is 1.76. The summed E-state index contributed by atoms with van der Waals surface area (Å²) in [6, 6.07) is 5.03. The molecule has 2 heterocycles. The second-order valence-electron chi connectivity index (χ2n) is 6.39. The Kier molecular flexibility index (Phi) is 5.23. The molecular formula is C19H21ClN4O3. The Morgan fingerprint density at radius 2 is 2.11 bits per heavy atom. The second-order valence-corrected chi connectivity index (χ2v) is 6.80. The maximum atomic E-state index is 12.4. The number of hydrogen-bond donors (Lipinski definition) is 2. The van der Waals surface area contributed by atoms with E-state index >= 15 is 0 Å². The number of pyridine rings is 1. The van der Waals surface area contributed by atoms with Gasteiger partial charge in [0.15, 0.2) is 0 Å². The second kappa shape index (κ2) is 7.44. The van der Waals surface area contributed by atoms with Gasteiger partial charge in [0.2, 0.25) is 5.91 Å². The minimum absolute atomic E-state index is 0.179. The third kappa shape index (κ3) is 3.68. The Labute approximate surface area is 161 Å². The summed E-state index contributed by atoms with van der Waals surface area (Å²) in [5, 5.41) is 8.48. The number of carbonyl (C=O) groups is 1. The number of aromatic nitrogens is 3. The zero-order valence-electron chi connectivity index (χ0n) is 15.6. The molecule has 2 aromatic heterocycles. The van der Waals surface area contributed by atoms with Crippen molar-refractivity contribution in [3.05, 3.63) is 50.4 Å². The van der Waals surface area contributed by atoms with Gasteiger partial charge in [-0.05, 0) is 44.0 Å². The quantitative estimate of drug-likeness (QED) is 0.702. The lowest BCUT2D eigenvalue weighted by Gasteiger charge is -2.09. The first-order chi connectivity index (χ1) is 12.8. The maximum absolute atomic E-state index is 12.4. The minimum Gasteiger partial charge on any atom is -0.495 e. The van der Waals surface area contributed by atoms with Gasteiger partial charge in [0.25, 0.3) is 5.56 Å². The fourth-order valence-corrected chi connectivity index (χ4v) is 3.52. The van der Waals surface area contributed by atoms with Gasteiger partial charge < -0.3 is 15.0 Å². The van der Waals surface area contributed by atoms with Crippen LogP contribution < -0.4 is 15.6 Å². The molecule has 1 amide bonds. The molecule has 3 aromatic rings. The monoisotopic (exact) mass is 388 g/mol. The number of H-pyrrole nitrogens is 1. The van der Waals surface area contributed by atoms with Crippen molar-refractivity contribution in [1.29, 1.82) is 0 Å². The Hall–Kier alpha value is -2.80. The Morgan fingerprint density at radius 1 is 1.37 bits per heavy atom. The van der Waals surface area contributed by atoms with Crippen LogP contribution in [0.5, 0.6) is 5.75 Å². The molecule has 0 aliphatic rings. The predicted molar refractivity (Wildman–Crippen MR) is 106 cm³/mol. The molecule has 0 fully saturated rings. The number of amides is 1. The third-order valence-corrected chi connectivity index (χ3v) is 4.89. The number of hydrogen-bond acceptors (Lipinski definition) is 4. The number of benzene rings is 1. The van der Waals surface area contributed by atoms with Crippen LogP contribution in [0.1, 0.15) is 23.2 Å². The average Bonchev–Trinajstić information content (AvgIpc) is 2.88. The van der Waals surface area contributed by atoms with Crippen LogP contribution in [0.25, 0.3) is 11.0 Å². The predicted octanol–water partition coefficient (Wildman–Crippen LogP) is 3.11. The normalized spacial score (nSPS) is 11.0. The highest BCUT2D eigenvalue weighted by atomic mass is 35.5. The van der Waals surface area contributed by atoms with Gasteiger partial charge in [-0.1, -0.05) is 11.6 Å². The molecule has 2 N–H and O–H groups in total. The lowest BCUT2D eigenvalue weighted by Crippen LogP contribution is -2.19. The molecule has 0 spiro atoms. The number of aromatic amines is 1. The average molecular weight is 389 g/mol. The van der Waals surface area contributed by atoms with Crippen LogP contribution in [0.3, 0.4) is 0 Å². The summed E-state index contributed by atoms with van der Waals surface area (Å²) in [5.41, 5.74) is 3.38. The number of aryl methyl sites for hydroxylation is 3. The lowest BCUT2D eigenvalue weighted by atomic mass is 10.0. The van der Waals surface area contributed by atoms with Crippen LogP contribution in [0.2, 0.25) is 5.02 Å². The van der Waals surface area contributed by atoms with E-state index in [-0.39, 0.29) is 17.9 Å². The summed E-state index contributed by atoms with van der Waals surface area (Å²) in [5.74, 6) is 0.343. The van der Waals surface area contributed by atoms with Crippen molar-refractivity contribution >= 4 is 34.2 Å². The van der Waals surface area contributed by atoms with Crippen LogP contribution in [-0.2, 0) is 18.3 Å². The topological polar surface area (TPSA) is 89.0 Å². The lowest BCUT2D eigenvalue weighted by molar-refractivity contribution is -0.116. The SMILES string of the molecule is COc1ccc(NC(=O)CCc2c(C)c3c(C)nn(C)c3[nH]c2=O)cc1Cl. The molecule has 142 valence electrons. The van der Waals surface area contributed by atoms with Crippen molar-refractivity contribution in [2.45, 2.75) is 26.7 Å². The zero-order valence-corrected chi connectivity index (χ0v) is 16.4. The van der Waals surface area contributed by atoms with E-state index in [1.165, 1.54) is 7.11 Å². The van der Waals surface area contributed by atoms with Crippen LogP contribution in [-0.4, -0.2) is 27.8 Å². The third-order valence-electron chi connectivity index (χ3n) is 4.59. The van der Waals surface area contributed by atoms with Crippen LogP contribution in [0, 0.1) is 13.8 Å². The maximum Gasteiger partial charge on any atom is 0.253 e. The summed E-state index contributed by atoms with van der Waals surface area (Å²) < 4.78 is 6.75. The molecular weight excluding hydrogens is 368 g/mol. The van der Waals surface area contributed by atoms with Crippen molar-refractivity contribution in [3.63, 3.8) is 0 Å². The molecule has 0 radical (unpaired) electrons. The van der Waals surface area contributed by atoms with Gasteiger partial charge in [-0.25, -0.2) is 0 Å². The minimum atomic E-state index is -0.196. The number of fused-ring (bicyclic) bond motifs is 1. The van der Waals surface area contributed by atoms with Crippen molar-refractivity contribution < 1.29 is 9.53 Å². The van der Waals surface area contributed by atoms with Gasteiger partial charge >= 0.3 is 0 Å². The summed E-state index contributed by atoms with van der Waals surface area (Å²) in [6.45, 7) is 3.79. The molecule has 0 unspecified atom stereocenters. The number of carbonyl (C=O) groups excluding carboxylic acids is 1. The van der Waals surface area contributed by atoms with E-state index in [1.54, 1.807) is 29.9 Å². The molecule has 0 saturated carbocycles. The highest BCUT2D eigenvalue weighted by Crippen LogP contribution is 2.27. The smallest absolute Gasteiger partial charge is 0.253 e. The van der Waals surface area contributed by atoms with E-state index in [1.807, 2.05) is 13.8 Å². The standard InChI is InChI=1S/C19H21ClN4O3/c1-10-13(19(26)22-18-17(10)11(2)23-24(18)3)6-8-16(25)21-12-5-7-15(27-4)14(20)9-12/h5,7,9H,6,8H2,1-4H3,(H,21,25)(H,22,26). The largest absolute Gasteiger partial charge is 0.495 e. The molecule has 7 nitrogen and oxygen atoms in total. The summed E-state index contributed by atoms with van der Waals surface area (Å²) in [6.07, 6.45) is 0.513. The van der Waals surface area contributed by atoms with E-state index in [9.17, 15) is 9.59 Å². The number of methoxy groups -OCH3 is 1. The highest BCUT2D eigenvalue weighted by molar-refractivity contribution is 6.32. The number of ether oxygens (including phenoxy) is 1. The first-order valence-corrected chi connectivity index (χ1v) is 8.88. The number of anilines is 1. The number of nitrogens with one attached hydrogen (secondary N) is 2. The van der Waals surface area contributed by atoms with Gasteiger partial charge in [-0.15, -0.1) is 0 Å². The molecule has 1 aromatic carbocycles. The van der Waals surface area contributed by atoms with Crippen molar-refractivity contribution in [2.75, 3.05) is 12.4 Å². The molecule has 0 atom stereocenters. The van der Waals surface area contributed by atoms with Gasteiger partial charge in [0.05, 0.1) is 17.8 Å². The Morgan fingerprint density at radius 3 is 2.78 bits per heavy atom. The van der Waals surface area contributed by atoms with Crippen LogP contribution >= 0.6 is 11.6 Å². The van der Waals surface area contributed by atoms with E-state index in [2.05, 4.69) is 15.4 Å². The molecule has 0 aliphatic heterocycles. The molecule has 27 heavy (non-hydrogen) atoms. The van der Waals surface area contributed by atoms with E-state index < -0.39 is 0 Å². The fraction of sp³-hybridized carbons (Fsp3) is 0.316. The molecule has 0 bridgehead atoms. The fourth-order valence-electron chi connectivity index (χ4n) is 3.26. The van der Waals surface area contributed by atoms with Crippen molar-refractivity contribution in [3.8, 4) is 5.75 Å². The van der Waals surface area contributed by atoms with Crippen LogP contribution in [0.4, 0.5) is 5.69 Å².